The zero-order valence-electron chi connectivity index (χ0n) is 22.0. The largest absolute Gasteiger partial charge is 0.379 e. The van der Waals surface area contributed by atoms with E-state index in [4.69, 9.17) is 9.47 Å². The van der Waals surface area contributed by atoms with Gasteiger partial charge in [-0.25, -0.2) is 4.79 Å². The zero-order chi connectivity index (χ0) is 24.5. The van der Waals surface area contributed by atoms with Crippen LogP contribution in [0.5, 0.6) is 0 Å². The number of carbonyl (C=O) groups excluding carboxylic acids is 2. The summed E-state index contributed by atoms with van der Waals surface area (Å²) in [6, 6.07) is 0.101. The molecule has 2 unspecified atom stereocenters. The van der Waals surface area contributed by atoms with Crippen LogP contribution in [0.1, 0.15) is 96.8 Å². The minimum atomic E-state index is -0.00264. The first-order valence-corrected chi connectivity index (χ1v) is 14.6. The van der Waals surface area contributed by atoms with Gasteiger partial charge in [-0.05, 0) is 101 Å². The van der Waals surface area contributed by atoms with Gasteiger partial charge in [0.05, 0.1) is 13.2 Å². The minimum Gasteiger partial charge on any atom is -0.379 e. The Hall–Kier alpha value is -1.34. The number of hydrogen-bond acceptors (Lipinski definition) is 4. The number of unbranched alkanes of at least 4 members (excludes halogenated alkanes) is 2. The summed E-state index contributed by atoms with van der Waals surface area (Å²) in [7, 11) is 0. The van der Waals surface area contributed by atoms with E-state index in [0.717, 1.165) is 88.9 Å². The number of carbonyl (C=O) groups is 2. The van der Waals surface area contributed by atoms with Crippen molar-refractivity contribution in [2.24, 2.45) is 23.7 Å². The van der Waals surface area contributed by atoms with E-state index in [1.165, 1.54) is 38.5 Å². The van der Waals surface area contributed by atoms with Crippen LogP contribution in [-0.2, 0) is 14.3 Å². The van der Waals surface area contributed by atoms with Crippen LogP contribution in [-0.4, -0.2) is 56.5 Å². The highest BCUT2D eigenvalue weighted by atomic mass is 16.5. The molecule has 0 aromatic carbocycles. The fraction of sp³-hybridized carbons (Fsp3) is 0.929. The van der Waals surface area contributed by atoms with E-state index in [1.54, 1.807) is 0 Å². The van der Waals surface area contributed by atoms with E-state index in [-0.39, 0.29) is 29.4 Å². The van der Waals surface area contributed by atoms with Crippen LogP contribution in [0.4, 0.5) is 4.79 Å². The summed E-state index contributed by atoms with van der Waals surface area (Å²) in [6.45, 7) is 5.71. The van der Waals surface area contributed by atoms with Crippen LogP contribution in [0, 0.1) is 23.7 Å². The van der Waals surface area contributed by atoms with E-state index >= 15 is 0 Å². The molecular formula is C28H49N3O4. The van der Waals surface area contributed by atoms with Crippen LogP contribution in [0.3, 0.4) is 0 Å². The third-order valence-electron chi connectivity index (χ3n) is 8.78. The summed E-state index contributed by atoms with van der Waals surface area (Å²) in [6.07, 6.45) is 15.4. The Labute approximate surface area is 212 Å². The minimum absolute atomic E-state index is 0.00264. The van der Waals surface area contributed by atoms with Gasteiger partial charge in [0, 0.05) is 37.3 Å². The second-order valence-corrected chi connectivity index (χ2v) is 11.9. The molecule has 200 valence electrons. The Bertz CT molecular complexity index is 650. The van der Waals surface area contributed by atoms with Gasteiger partial charge in [0.25, 0.3) is 0 Å². The van der Waals surface area contributed by atoms with Crippen LogP contribution >= 0.6 is 0 Å². The van der Waals surface area contributed by atoms with Crippen molar-refractivity contribution >= 4 is 11.9 Å². The number of ether oxygens (including phenoxy) is 2. The highest BCUT2D eigenvalue weighted by Gasteiger charge is 2.51. The lowest BCUT2D eigenvalue weighted by Gasteiger charge is -2.56. The molecule has 35 heavy (non-hydrogen) atoms. The fourth-order valence-corrected chi connectivity index (χ4v) is 7.61. The van der Waals surface area contributed by atoms with Crippen molar-refractivity contribution in [3.63, 3.8) is 0 Å². The van der Waals surface area contributed by atoms with Crippen LogP contribution in [0.2, 0.25) is 0 Å². The van der Waals surface area contributed by atoms with Crippen molar-refractivity contribution in [2.45, 2.75) is 108 Å². The first-order chi connectivity index (χ1) is 17.0. The third kappa shape index (κ3) is 8.08. The molecule has 5 aliphatic carbocycles. The summed E-state index contributed by atoms with van der Waals surface area (Å²) in [5.74, 6) is 2.63. The van der Waals surface area contributed by atoms with Gasteiger partial charge in [-0.15, -0.1) is 0 Å². The molecule has 0 spiro atoms. The van der Waals surface area contributed by atoms with Gasteiger partial charge in [-0.2, -0.15) is 0 Å². The number of hydrogen-bond donors (Lipinski definition) is 3. The van der Waals surface area contributed by atoms with E-state index < -0.39 is 0 Å². The molecule has 0 heterocycles. The molecule has 5 fully saturated rings. The molecule has 7 heteroatoms. The highest BCUT2D eigenvalue weighted by molar-refractivity contribution is 5.79. The predicted molar refractivity (Wildman–Crippen MR) is 137 cm³/mol. The molecule has 0 saturated heterocycles. The smallest absolute Gasteiger partial charge is 0.315 e. The molecule has 0 aliphatic heterocycles. The van der Waals surface area contributed by atoms with Crippen LogP contribution in [0.25, 0.3) is 0 Å². The Balaban J connectivity index is 1.07. The lowest BCUT2D eigenvalue weighted by molar-refractivity contribution is -0.126. The maximum Gasteiger partial charge on any atom is 0.315 e. The van der Waals surface area contributed by atoms with Crippen molar-refractivity contribution in [3.05, 3.63) is 0 Å². The van der Waals surface area contributed by atoms with Gasteiger partial charge >= 0.3 is 6.03 Å². The third-order valence-corrected chi connectivity index (χ3v) is 8.78. The Morgan fingerprint density at radius 2 is 1.51 bits per heavy atom. The van der Waals surface area contributed by atoms with E-state index in [2.05, 4.69) is 22.9 Å². The molecule has 5 aliphatic rings. The fourth-order valence-electron chi connectivity index (χ4n) is 7.61. The molecule has 7 nitrogen and oxygen atoms in total. The summed E-state index contributed by atoms with van der Waals surface area (Å²) in [5.41, 5.74) is 0.0398. The van der Waals surface area contributed by atoms with Crippen molar-refractivity contribution < 1.29 is 19.1 Å². The van der Waals surface area contributed by atoms with Crippen molar-refractivity contribution in [1.82, 2.24) is 16.0 Å². The normalized spacial score (nSPS) is 33.5. The molecule has 4 bridgehead atoms. The van der Waals surface area contributed by atoms with Gasteiger partial charge in [0.1, 0.15) is 0 Å². The first kappa shape index (κ1) is 26.7. The molecule has 5 rings (SSSR count). The van der Waals surface area contributed by atoms with Crippen molar-refractivity contribution in [1.29, 1.82) is 0 Å². The molecule has 2 atom stereocenters. The SMILES string of the molecule is CCCOCCOCCCCCNC(=O)C1CCCC(NC(=O)NC23CC4CC(CC(C4)C2)C3)C1. The quantitative estimate of drug-likeness (QED) is 0.311. The lowest BCUT2D eigenvalue weighted by atomic mass is 9.53. The van der Waals surface area contributed by atoms with Crippen LogP contribution in [0.15, 0.2) is 0 Å². The molecule has 0 radical (unpaired) electrons. The maximum atomic E-state index is 12.9. The molecule has 5 saturated carbocycles. The number of amides is 3. The summed E-state index contributed by atoms with van der Waals surface area (Å²) in [4.78, 5) is 25.6. The predicted octanol–water partition coefficient (Wildman–Crippen LogP) is 4.54. The lowest BCUT2D eigenvalue weighted by Crippen LogP contribution is -2.62. The van der Waals surface area contributed by atoms with E-state index in [9.17, 15) is 9.59 Å². The summed E-state index contributed by atoms with van der Waals surface area (Å²) >= 11 is 0. The summed E-state index contributed by atoms with van der Waals surface area (Å²) < 4.78 is 11.0. The average molecular weight is 492 g/mol. The van der Waals surface area contributed by atoms with E-state index in [1.807, 2.05) is 0 Å². The highest BCUT2D eigenvalue weighted by Crippen LogP contribution is 2.55. The Morgan fingerprint density at radius 1 is 0.829 bits per heavy atom. The first-order valence-electron chi connectivity index (χ1n) is 14.6. The molecule has 3 N–H and O–H groups in total. The zero-order valence-corrected chi connectivity index (χ0v) is 22.0. The van der Waals surface area contributed by atoms with Crippen LogP contribution < -0.4 is 16.0 Å². The molecule has 0 aromatic heterocycles. The molecule has 3 amide bonds. The van der Waals surface area contributed by atoms with Gasteiger partial charge in [-0.3, -0.25) is 4.79 Å². The second kappa shape index (κ2) is 13.3. The van der Waals surface area contributed by atoms with Crippen molar-refractivity contribution in [2.75, 3.05) is 33.0 Å². The molecule has 0 aromatic rings. The number of urea groups is 1. The van der Waals surface area contributed by atoms with Gasteiger partial charge < -0.3 is 25.4 Å². The maximum absolute atomic E-state index is 12.9. The van der Waals surface area contributed by atoms with Gasteiger partial charge in [-0.1, -0.05) is 13.3 Å². The van der Waals surface area contributed by atoms with E-state index in [0.29, 0.717) is 13.2 Å². The number of nitrogens with one attached hydrogen (secondary N) is 3. The Kier molecular flexibility index (Phi) is 10.1. The topological polar surface area (TPSA) is 88.7 Å². The standard InChI is InChI=1S/C28H49N3O4/c1-2-10-34-12-13-35-11-5-3-4-9-29-26(32)24-7-6-8-25(17-24)30-27(33)31-28-18-21-14-22(19-28)16-23(15-21)20-28/h21-25H,2-20H2,1H3,(H,29,32)(H2,30,31,33). The average Bonchev–Trinajstić information content (AvgIpc) is 2.81. The van der Waals surface area contributed by atoms with Gasteiger partial charge in [0.15, 0.2) is 0 Å². The van der Waals surface area contributed by atoms with Crippen molar-refractivity contribution in [3.8, 4) is 0 Å². The Morgan fingerprint density at radius 3 is 2.20 bits per heavy atom. The summed E-state index contributed by atoms with van der Waals surface area (Å²) in [5, 5.41) is 9.79. The van der Waals surface area contributed by atoms with Gasteiger partial charge in [0.2, 0.25) is 5.91 Å². The second-order valence-electron chi connectivity index (χ2n) is 11.9. The molecular weight excluding hydrogens is 442 g/mol. The number of rotatable bonds is 14. The monoisotopic (exact) mass is 491 g/mol.